The molecule has 1 saturated carbocycles. The van der Waals surface area contributed by atoms with Gasteiger partial charge in [0.1, 0.15) is 5.84 Å². The third kappa shape index (κ3) is 4.47. The molecule has 4 heteroatoms. The van der Waals surface area contributed by atoms with E-state index in [0.717, 1.165) is 44.4 Å². The van der Waals surface area contributed by atoms with Crippen molar-refractivity contribution in [3.05, 3.63) is 35.3 Å². The van der Waals surface area contributed by atoms with Crippen LogP contribution in [0.3, 0.4) is 0 Å². The SMILES string of the molecule is CC.CC/C=C/NC1=NC=C(C2CC2)/C1=C(/C)N1CCNCC1. The topological polar surface area (TPSA) is 39.7 Å². The molecule has 2 aliphatic heterocycles. The lowest BCUT2D eigenvalue weighted by Gasteiger charge is -2.32. The summed E-state index contributed by atoms with van der Waals surface area (Å²) in [4.78, 5) is 7.13. The van der Waals surface area contributed by atoms with Crippen molar-refractivity contribution in [2.45, 2.75) is 47.0 Å². The predicted octanol–water partition coefficient (Wildman–Crippen LogP) is 3.41. The molecule has 0 aromatic rings. The van der Waals surface area contributed by atoms with Crippen LogP contribution in [0.4, 0.5) is 0 Å². The van der Waals surface area contributed by atoms with Gasteiger partial charge in [-0.2, -0.15) is 0 Å². The number of hydrogen-bond donors (Lipinski definition) is 2. The Morgan fingerprint density at radius 1 is 1.35 bits per heavy atom. The number of hydrogen-bond acceptors (Lipinski definition) is 4. The number of allylic oxidation sites excluding steroid dienone is 2. The molecule has 3 aliphatic rings. The van der Waals surface area contributed by atoms with E-state index in [1.165, 1.54) is 29.7 Å². The van der Waals surface area contributed by atoms with E-state index >= 15 is 0 Å². The van der Waals surface area contributed by atoms with Crippen LogP contribution < -0.4 is 10.6 Å². The average Bonchev–Trinajstić information content (AvgIpc) is 3.37. The van der Waals surface area contributed by atoms with Crippen molar-refractivity contribution in [2.24, 2.45) is 10.9 Å². The van der Waals surface area contributed by atoms with Gasteiger partial charge in [0.2, 0.25) is 0 Å². The molecule has 4 nitrogen and oxygen atoms in total. The zero-order valence-corrected chi connectivity index (χ0v) is 15.2. The molecule has 1 saturated heterocycles. The van der Waals surface area contributed by atoms with Crippen LogP contribution in [0.15, 0.2) is 40.3 Å². The van der Waals surface area contributed by atoms with Crippen LogP contribution in [-0.2, 0) is 0 Å². The summed E-state index contributed by atoms with van der Waals surface area (Å²) in [5, 5.41) is 6.81. The highest BCUT2D eigenvalue weighted by molar-refractivity contribution is 6.06. The molecule has 0 aromatic heterocycles. The highest BCUT2D eigenvalue weighted by Gasteiger charge is 2.34. The molecule has 0 spiro atoms. The van der Waals surface area contributed by atoms with E-state index in [2.05, 4.69) is 46.6 Å². The van der Waals surface area contributed by atoms with E-state index in [1.807, 2.05) is 20.0 Å². The molecule has 2 N–H and O–H groups in total. The summed E-state index contributed by atoms with van der Waals surface area (Å²) < 4.78 is 0. The summed E-state index contributed by atoms with van der Waals surface area (Å²) in [5.41, 5.74) is 4.17. The summed E-state index contributed by atoms with van der Waals surface area (Å²) >= 11 is 0. The molecule has 2 fully saturated rings. The fourth-order valence-corrected chi connectivity index (χ4v) is 3.01. The molecule has 0 bridgehead atoms. The zero-order valence-electron chi connectivity index (χ0n) is 15.2. The molecular weight excluding hydrogens is 284 g/mol. The standard InChI is InChI=1S/C17H26N4.C2H6/c1-3-4-7-19-17-16(15(12-20-17)14-5-6-14)13(2)21-10-8-18-9-11-21;1-2/h4,7,12,14,18H,3,5-6,8-11H2,1-2H3,(H,19,20);1-2H3/b7-4+,16-13+;. The fourth-order valence-electron chi connectivity index (χ4n) is 3.01. The molecule has 0 amide bonds. The van der Waals surface area contributed by atoms with Crippen molar-refractivity contribution in [1.29, 1.82) is 0 Å². The molecule has 0 atom stereocenters. The summed E-state index contributed by atoms with van der Waals surface area (Å²) in [6.07, 6.45) is 9.92. The summed E-state index contributed by atoms with van der Waals surface area (Å²) in [5.74, 6) is 1.76. The van der Waals surface area contributed by atoms with Crippen molar-refractivity contribution in [3.8, 4) is 0 Å². The molecule has 0 unspecified atom stereocenters. The van der Waals surface area contributed by atoms with E-state index in [-0.39, 0.29) is 0 Å². The quantitative estimate of drug-likeness (QED) is 0.835. The summed E-state index contributed by atoms with van der Waals surface area (Å²) in [7, 11) is 0. The van der Waals surface area contributed by atoms with E-state index in [4.69, 9.17) is 0 Å². The summed E-state index contributed by atoms with van der Waals surface area (Å²) in [6, 6.07) is 0. The van der Waals surface area contributed by atoms with Gasteiger partial charge in [-0.15, -0.1) is 0 Å². The molecular formula is C19H32N4. The average molecular weight is 316 g/mol. The first-order valence-corrected chi connectivity index (χ1v) is 9.18. The Balaban J connectivity index is 0.000000924. The Hall–Kier alpha value is -1.55. The van der Waals surface area contributed by atoms with Gasteiger partial charge in [0.25, 0.3) is 0 Å². The van der Waals surface area contributed by atoms with Crippen molar-refractivity contribution >= 4 is 5.84 Å². The Kier molecular flexibility index (Phi) is 6.90. The van der Waals surface area contributed by atoms with Gasteiger partial charge in [-0.1, -0.05) is 26.8 Å². The maximum absolute atomic E-state index is 4.64. The number of nitrogens with zero attached hydrogens (tertiary/aromatic N) is 2. The first-order chi connectivity index (χ1) is 11.3. The minimum absolute atomic E-state index is 0.732. The number of nitrogens with one attached hydrogen (secondary N) is 2. The van der Waals surface area contributed by atoms with Crippen LogP contribution in [0, 0.1) is 5.92 Å². The first-order valence-electron chi connectivity index (χ1n) is 9.18. The normalized spacial score (nSPS) is 23.2. The Bertz CT molecular complexity index is 503. The van der Waals surface area contributed by atoms with Crippen LogP contribution >= 0.6 is 0 Å². The third-order valence-corrected chi connectivity index (χ3v) is 4.40. The molecule has 0 radical (unpaired) electrons. The fraction of sp³-hybridized carbons (Fsp3) is 0.632. The predicted molar refractivity (Wildman–Crippen MR) is 99.3 cm³/mol. The second kappa shape index (κ2) is 8.92. The second-order valence-electron chi connectivity index (χ2n) is 5.99. The van der Waals surface area contributed by atoms with Crippen LogP contribution in [0.1, 0.15) is 47.0 Å². The maximum atomic E-state index is 4.64. The van der Waals surface area contributed by atoms with Gasteiger partial charge < -0.3 is 15.5 Å². The highest BCUT2D eigenvalue weighted by atomic mass is 15.2. The summed E-state index contributed by atoms with van der Waals surface area (Å²) in [6.45, 7) is 12.7. The van der Waals surface area contributed by atoms with E-state index in [0.29, 0.717) is 0 Å². The minimum Gasteiger partial charge on any atom is -0.372 e. The zero-order chi connectivity index (χ0) is 16.7. The van der Waals surface area contributed by atoms with Crippen molar-refractivity contribution in [2.75, 3.05) is 26.2 Å². The largest absolute Gasteiger partial charge is 0.372 e. The van der Waals surface area contributed by atoms with E-state index in [9.17, 15) is 0 Å². The second-order valence-corrected chi connectivity index (χ2v) is 5.99. The molecule has 0 aromatic carbocycles. The van der Waals surface area contributed by atoms with Gasteiger partial charge in [0, 0.05) is 43.6 Å². The van der Waals surface area contributed by atoms with Crippen molar-refractivity contribution < 1.29 is 0 Å². The Morgan fingerprint density at radius 2 is 2.04 bits per heavy atom. The molecule has 3 rings (SSSR count). The first kappa shape index (κ1) is 17.8. The third-order valence-electron chi connectivity index (χ3n) is 4.40. The van der Waals surface area contributed by atoms with Gasteiger partial charge in [-0.05, 0) is 43.9 Å². The van der Waals surface area contributed by atoms with Gasteiger partial charge in [-0.25, -0.2) is 4.99 Å². The van der Waals surface area contributed by atoms with Crippen LogP contribution in [0.5, 0.6) is 0 Å². The Labute approximate surface area is 141 Å². The lowest BCUT2D eigenvalue weighted by molar-refractivity contribution is 0.298. The minimum atomic E-state index is 0.732. The van der Waals surface area contributed by atoms with E-state index < -0.39 is 0 Å². The van der Waals surface area contributed by atoms with E-state index in [1.54, 1.807) is 0 Å². The lowest BCUT2D eigenvalue weighted by atomic mass is 10.0. The highest BCUT2D eigenvalue weighted by Crippen LogP contribution is 2.43. The lowest BCUT2D eigenvalue weighted by Crippen LogP contribution is -2.43. The monoisotopic (exact) mass is 316 g/mol. The number of piperazine rings is 1. The number of rotatable bonds is 4. The Morgan fingerprint density at radius 3 is 2.65 bits per heavy atom. The number of amidine groups is 1. The maximum Gasteiger partial charge on any atom is 0.139 e. The molecule has 128 valence electrons. The number of aliphatic imine (C=N–C) groups is 1. The molecule has 1 aliphatic carbocycles. The van der Waals surface area contributed by atoms with Gasteiger partial charge >= 0.3 is 0 Å². The van der Waals surface area contributed by atoms with Crippen LogP contribution in [-0.4, -0.2) is 36.9 Å². The van der Waals surface area contributed by atoms with Crippen LogP contribution in [0.25, 0.3) is 0 Å². The van der Waals surface area contributed by atoms with Gasteiger partial charge in [0.05, 0.1) is 0 Å². The molecule has 23 heavy (non-hydrogen) atoms. The van der Waals surface area contributed by atoms with Crippen LogP contribution in [0.2, 0.25) is 0 Å². The van der Waals surface area contributed by atoms with Gasteiger partial charge in [-0.3, -0.25) is 0 Å². The van der Waals surface area contributed by atoms with Crippen molar-refractivity contribution in [1.82, 2.24) is 15.5 Å². The smallest absolute Gasteiger partial charge is 0.139 e. The molecule has 2 heterocycles. The van der Waals surface area contributed by atoms with Gasteiger partial charge in [0.15, 0.2) is 0 Å². The van der Waals surface area contributed by atoms with Crippen molar-refractivity contribution in [3.63, 3.8) is 0 Å².